The molecule has 0 aliphatic heterocycles. The van der Waals surface area contributed by atoms with Gasteiger partial charge in [0, 0.05) is 12.2 Å². The van der Waals surface area contributed by atoms with Crippen molar-refractivity contribution in [2.24, 2.45) is 0 Å². The van der Waals surface area contributed by atoms with Crippen molar-refractivity contribution in [2.45, 2.75) is 47.5 Å². The van der Waals surface area contributed by atoms with E-state index in [9.17, 15) is 9.59 Å². The SMILES string of the molecule is CC.CCCC(C)=O.CCSNC=O. The molecule has 0 atom stereocenters. The van der Waals surface area contributed by atoms with Gasteiger partial charge in [0.2, 0.25) is 6.41 Å². The molecule has 0 heterocycles. The highest BCUT2D eigenvalue weighted by Gasteiger charge is 1.83. The van der Waals surface area contributed by atoms with E-state index in [0.29, 0.717) is 6.41 Å². The van der Waals surface area contributed by atoms with Crippen molar-refractivity contribution in [3.63, 3.8) is 0 Å². The van der Waals surface area contributed by atoms with Crippen molar-refractivity contribution in [1.82, 2.24) is 4.72 Å². The molecule has 3 nitrogen and oxygen atoms in total. The van der Waals surface area contributed by atoms with Gasteiger partial charge >= 0.3 is 0 Å². The van der Waals surface area contributed by atoms with Crippen LogP contribution in [0.15, 0.2) is 0 Å². The van der Waals surface area contributed by atoms with Crippen LogP contribution in [0.4, 0.5) is 0 Å². The number of amides is 1. The molecular formula is C10H23NO2S. The average Bonchev–Trinajstić information content (AvgIpc) is 2.18. The lowest BCUT2D eigenvalue weighted by molar-refractivity contribution is -0.117. The molecule has 0 rings (SSSR count). The standard InChI is InChI=1S/C5H10O.C3H7NOS.C2H6/c1-3-4-5(2)6;1-2-6-4-3-5;1-2/h3-4H2,1-2H3;3H,2H2,1H3,(H,4,5);1-2H3. The van der Waals surface area contributed by atoms with Gasteiger partial charge in [-0.2, -0.15) is 0 Å². The van der Waals surface area contributed by atoms with Gasteiger partial charge in [-0.25, -0.2) is 0 Å². The molecule has 1 amide bonds. The number of carbonyl (C=O) groups is 2. The summed E-state index contributed by atoms with van der Waals surface area (Å²) in [7, 11) is 0. The van der Waals surface area contributed by atoms with E-state index in [4.69, 9.17) is 0 Å². The zero-order valence-electron chi connectivity index (χ0n) is 9.92. The lowest BCUT2D eigenvalue weighted by atomic mass is 10.3. The lowest BCUT2D eigenvalue weighted by Gasteiger charge is -1.85. The Labute approximate surface area is 92.2 Å². The first-order valence-electron chi connectivity index (χ1n) is 4.99. The monoisotopic (exact) mass is 221 g/mol. The quantitative estimate of drug-likeness (QED) is 0.441. The van der Waals surface area contributed by atoms with Crippen molar-refractivity contribution >= 4 is 24.1 Å². The lowest BCUT2D eigenvalue weighted by Crippen LogP contribution is -1.96. The van der Waals surface area contributed by atoms with Gasteiger partial charge in [0.25, 0.3) is 0 Å². The van der Waals surface area contributed by atoms with Gasteiger partial charge in [0.1, 0.15) is 5.78 Å². The van der Waals surface area contributed by atoms with Crippen LogP contribution in [0.2, 0.25) is 0 Å². The molecule has 0 unspecified atom stereocenters. The topological polar surface area (TPSA) is 46.2 Å². The summed E-state index contributed by atoms with van der Waals surface area (Å²) in [6.45, 7) is 9.59. The number of nitrogens with one attached hydrogen (secondary N) is 1. The minimum atomic E-state index is 0.289. The summed E-state index contributed by atoms with van der Waals surface area (Å²) in [5.74, 6) is 1.22. The Kier molecular flexibility index (Phi) is 31.2. The fraction of sp³-hybridized carbons (Fsp3) is 0.800. The number of ketones is 1. The highest BCUT2D eigenvalue weighted by molar-refractivity contribution is 7.97. The first-order valence-corrected chi connectivity index (χ1v) is 5.97. The molecule has 0 spiro atoms. The van der Waals surface area contributed by atoms with E-state index in [1.54, 1.807) is 6.92 Å². The maximum Gasteiger partial charge on any atom is 0.216 e. The summed E-state index contributed by atoms with van der Waals surface area (Å²) in [5, 5.41) is 0. The summed E-state index contributed by atoms with van der Waals surface area (Å²) < 4.78 is 2.43. The highest BCUT2D eigenvalue weighted by atomic mass is 32.2. The normalized spacial score (nSPS) is 7.21. The molecule has 0 aliphatic carbocycles. The van der Waals surface area contributed by atoms with Crippen molar-refractivity contribution in [1.29, 1.82) is 0 Å². The Bertz CT molecular complexity index is 119. The summed E-state index contributed by atoms with van der Waals surface area (Å²) in [5.41, 5.74) is 0. The van der Waals surface area contributed by atoms with Crippen LogP contribution >= 0.6 is 11.9 Å². The van der Waals surface area contributed by atoms with E-state index in [1.807, 2.05) is 27.7 Å². The van der Waals surface area contributed by atoms with Crippen molar-refractivity contribution in [3.8, 4) is 0 Å². The minimum Gasteiger partial charge on any atom is -0.303 e. The smallest absolute Gasteiger partial charge is 0.216 e. The van der Waals surface area contributed by atoms with Gasteiger partial charge in [0.05, 0.1) is 0 Å². The Morgan fingerprint density at radius 1 is 1.36 bits per heavy atom. The molecule has 4 heteroatoms. The molecule has 0 aromatic rings. The number of carbonyl (C=O) groups excluding carboxylic acids is 2. The van der Waals surface area contributed by atoms with E-state index >= 15 is 0 Å². The van der Waals surface area contributed by atoms with Crippen LogP contribution in [0.5, 0.6) is 0 Å². The van der Waals surface area contributed by atoms with Crippen molar-refractivity contribution in [3.05, 3.63) is 0 Å². The zero-order chi connectivity index (χ0) is 11.8. The van der Waals surface area contributed by atoms with Crippen LogP contribution in [0.1, 0.15) is 47.5 Å². The summed E-state index contributed by atoms with van der Waals surface area (Å²) in [6, 6.07) is 0. The third kappa shape index (κ3) is 41.9. The Balaban J connectivity index is -0.000000147. The molecular weight excluding hydrogens is 198 g/mol. The first kappa shape index (κ1) is 19.1. The molecule has 0 aliphatic rings. The molecule has 0 saturated carbocycles. The van der Waals surface area contributed by atoms with Gasteiger partial charge in [0.15, 0.2) is 0 Å². The van der Waals surface area contributed by atoms with E-state index in [2.05, 4.69) is 4.72 Å². The molecule has 0 radical (unpaired) electrons. The van der Waals surface area contributed by atoms with Crippen LogP contribution in [0.25, 0.3) is 0 Å². The van der Waals surface area contributed by atoms with E-state index < -0.39 is 0 Å². The maximum absolute atomic E-state index is 10.0. The molecule has 1 N–H and O–H groups in total. The van der Waals surface area contributed by atoms with Gasteiger partial charge < -0.3 is 9.52 Å². The molecule has 0 aromatic heterocycles. The molecule has 0 saturated heterocycles. The molecule has 0 aromatic carbocycles. The zero-order valence-corrected chi connectivity index (χ0v) is 10.7. The van der Waals surface area contributed by atoms with Crippen molar-refractivity contribution in [2.75, 3.05) is 5.75 Å². The fourth-order valence-corrected chi connectivity index (χ4v) is 0.704. The Morgan fingerprint density at radius 2 is 1.86 bits per heavy atom. The summed E-state index contributed by atoms with van der Waals surface area (Å²) in [4.78, 5) is 19.5. The number of hydrogen-bond acceptors (Lipinski definition) is 3. The Morgan fingerprint density at radius 3 is 1.93 bits per heavy atom. The van der Waals surface area contributed by atoms with Crippen LogP contribution in [0.3, 0.4) is 0 Å². The first-order chi connectivity index (χ1) is 6.68. The van der Waals surface area contributed by atoms with Crippen LogP contribution in [-0.2, 0) is 9.59 Å². The summed E-state index contributed by atoms with van der Waals surface area (Å²) in [6.07, 6.45) is 2.39. The maximum atomic E-state index is 10.0. The molecule has 0 fully saturated rings. The van der Waals surface area contributed by atoms with Gasteiger partial charge in [-0.1, -0.05) is 39.6 Å². The fourth-order valence-electron chi connectivity index (χ4n) is 0.469. The molecule has 0 bridgehead atoms. The number of hydrogen-bond donors (Lipinski definition) is 1. The summed E-state index contributed by atoms with van der Waals surface area (Å²) >= 11 is 1.39. The second kappa shape index (κ2) is 22.9. The van der Waals surface area contributed by atoms with E-state index in [1.165, 1.54) is 11.9 Å². The third-order valence-electron chi connectivity index (χ3n) is 0.878. The second-order valence-electron chi connectivity index (χ2n) is 2.12. The molecule has 86 valence electrons. The van der Waals surface area contributed by atoms with Crippen LogP contribution < -0.4 is 4.72 Å². The van der Waals surface area contributed by atoms with E-state index in [-0.39, 0.29) is 5.78 Å². The van der Waals surface area contributed by atoms with Gasteiger partial charge in [-0.15, -0.1) is 0 Å². The highest BCUT2D eigenvalue weighted by Crippen LogP contribution is 1.84. The molecule has 14 heavy (non-hydrogen) atoms. The van der Waals surface area contributed by atoms with E-state index in [0.717, 1.165) is 18.6 Å². The second-order valence-corrected chi connectivity index (χ2v) is 3.22. The van der Waals surface area contributed by atoms with Crippen LogP contribution in [-0.4, -0.2) is 17.9 Å². The Hall–Kier alpha value is -0.510. The van der Waals surface area contributed by atoms with Gasteiger partial charge in [-0.3, -0.25) is 4.79 Å². The predicted octanol–water partition coefficient (Wildman–Crippen LogP) is 2.80. The predicted molar refractivity (Wildman–Crippen MR) is 64.3 cm³/mol. The third-order valence-corrected chi connectivity index (χ3v) is 1.43. The average molecular weight is 221 g/mol. The van der Waals surface area contributed by atoms with Crippen molar-refractivity contribution < 1.29 is 9.59 Å². The largest absolute Gasteiger partial charge is 0.303 e. The van der Waals surface area contributed by atoms with Gasteiger partial charge in [-0.05, 0) is 13.3 Å². The van der Waals surface area contributed by atoms with Crippen LogP contribution in [0, 0.1) is 0 Å². The number of rotatable bonds is 5. The minimum absolute atomic E-state index is 0.289. The number of Topliss-reactive ketones (excluding diaryl/α,β-unsaturated/α-hetero) is 1.